The van der Waals surface area contributed by atoms with Crippen LogP contribution in [0.5, 0.6) is 0 Å². The smallest absolute Gasteiger partial charge is 0.0695 e. The summed E-state index contributed by atoms with van der Waals surface area (Å²) >= 11 is 0. The van der Waals surface area contributed by atoms with Gasteiger partial charge in [-0.1, -0.05) is 32.1 Å². The third-order valence-corrected chi connectivity index (χ3v) is 4.52. The molecule has 0 spiro atoms. The van der Waals surface area contributed by atoms with Crippen molar-refractivity contribution in [2.24, 2.45) is 0 Å². The molecule has 0 radical (unpaired) electrons. The first-order valence-electron chi connectivity index (χ1n) is 7.37. The number of aliphatic hydroxyl groups excluding tert-OH is 2. The molecular formula is C14H27NO2. The Kier molecular flexibility index (Phi) is 5.26. The summed E-state index contributed by atoms with van der Waals surface area (Å²) < 4.78 is 0. The van der Waals surface area contributed by atoms with Crippen LogP contribution in [0.3, 0.4) is 0 Å². The fourth-order valence-electron chi connectivity index (χ4n) is 3.63. The third kappa shape index (κ3) is 3.43. The van der Waals surface area contributed by atoms with Gasteiger partial charge in [-0.15, -0.1) is 0 Å². The SMILES string of the molecule is OCCN(C1CCCC1)C1CCCCCC1O. The molecule has 0 amide bonds. The first kappa shape index (κ1) is 13.3. The summed E-state index contributed by atoms with van der Waals surface area (Å²) in [5.41, 5.74) is 0. The molecule has 2 N–H and O–H groups in total. The maximum atomic E-state index is 10.3. The van der Waals surface area contributed by atoms with Gasteiger partial charge in [0.05, 0.1) is 12.7 Å². The maximum absolute atomic E-state index is 10.3. The largest absolute Gasteiger partial charge is 0.395 e. The Hall–Kier alpha value is -0.120. The van der Waals surface area contributed by atoms with E-state index in [1.54, 1.807) is 0 Å². The average molecular weight is 241 g/mol. The standard InChI is InChI=1S/C14H27NO2/c16-11-10-15(12-6-4-5-7-12)13-8-2-1-3-9-14(13)17/h12-14,16-17H,1-11H2. The highest BCUT2D eigenvalue weighted by Crippen LogP contribution is 2.30. The minimum absolute atomic E-state index is 0.176. The number of nitrogens with zero attached hydrogens (tertiary/aromatic N) is 1. The number of hydrogen-bond acceptors (Lipinski definition) is 3. The molecule has 2 unspecified atom stereocenters. The lowest BCUT2D eigenvalue weighted by Gasteiger charge is -2.38. The van der Waals surface area contributed by atoms with E-state index in [2.05, 4.69) is 4.90 Å². The molecule has 0 aliphatic heterocycles. The monoisotopic (exact) mass is 241 g/mol. The molecule has 2 aliphatic carbocycles. The molecule has 100 valence electrons. The molecule has 2 saturated carbocycles. The molecule has 0 bridgehead atoms. The highest BCUT2D eigenvalue weighted by Gasteiger charge is 2.32. The minimum atomic E-state index is -0.176. The molecule has 3 nitrogen and oxygen atoms in total. The quantitative estimate of drug-likeness (QED) is 0.739. The van der Waals surface area contributed by atoms with Crippen LogP contribution < -0.4 is 0 Å². The summed E-state index contributed by atoms with van der Waals surface area (Å²) in [5, 5.41) is 19.5. The van der Waals surface area contributed by atoms with Crippen molar-refractivity contribution in [3.63, 3.8) is 0 Å². The Balaban J connectivity index is 2.01. The first-order chi connectivity index (χ1) is 8.33. The van der Waals surface area contributed by atoms with Crippen molar-refractivity contribution in [2.45, 2.75) is 76.0 Å². The summed E-state index contributed by atoms with van der Waals surface area (Å²) in [6.07, 6.45) is 10.7. The topological polar surface area (TPSA) is 43.7 Å². The summed E-state index contributed by atoms with van der Waals surface area (Å²) in [4.78, 5) is 2.42. The van der Waals surface area contributed by atoms with Gasteiger partial charge in [-0.05, 0) is 25.7 Å². The normalized spacial score (nSPS) is 31.9. The van der Waals surface area contributed by atoms with Crippen LogP contribution >= 0.6 is 0 Å². The fraction of sp³-hybridized carbons (Fsp3) is 1.00. The van der Waals surface area contributed by atoms with Gasteiger partial charge in [0, 0.05) is 18.6 Å². The molecule has 2 fully saturated rings. The highest BCUT2D eigenvalue weighted by molar-refractivity contribution is 4.88. The minimum Gasteiger partial charge on any atom is -0.395 e. The van der Waals surface area contributed by atoms with Crippen molar-refractivity contribution in [1.29, 1.82) is 0 Å². The van der Waals surface area contributed by atoms with Gasteiger partial charge >= 0.3 is 0 Å². The second kappa shape index (κ2) is 6.72. The van der Waals surface area contributed by atoms with Crippen molar-refractivity contribution < 1.29 is 10.2 Å². The summed E-state index contributed by atoms with van der Waals surface area (Å²) in [6, 6.07) is 0.910. The molecular weight excluding hydrogens is 214 g/mol. The predicted molar refractivity (Wildman–Crippen MR) is 68.9 cm³/mol. The van der Waals surface area contributed by atoms with Gasteiger partial charge in [-0.3, -0.25) is 4.90 Å². The molecule has 0 heterocycles. The van der Waals surface area contributed by atoms with Crippen molar-refractivity contribution in [2.75, 3.05) is 13.2 Å². The molecule has 17 heavy (non-hydrogen) atoms. The summed E-state index contributed by atoms with van der Waals surface area (Å²) in [5.74, 6) is 0. The van der Waals surface area contributed by atoms with Gasteiger partial charge in [0.15, 0.2) is 0 Å². The van der Waals surface area contributed by atoms with E-state index < -0.39 is 0 Å². The Bertz CT molecular complexity index is 216. The van der Waals surface area contributed by atoms with Crippen molar-refractivity contribution in [1.82, 2.24) is 4.90 Å². The zero-order valence-corrected chi connectivity index (χ0v) is 10.9. The van der Waals surface area contributed by atoms with E-state index in [1.165, 1.54) is 38.5 Å². The van der Waals surface area contributed by atoms with Gasteiger partial charge in [0.25, 0.3) is 0 Å². The van der Waals surface area contributed by atoms with Crippen molar-refractivity contribution >= 4 is 0 Å². The Labute approximate surface area is 105 Å². The van der Waals surface area contributed by atoms with Crippen LogP contribution in [-0.4, -0.2) is 46.5 Å². The highest BCUT2D eigenvalue weighted by atomic mass is 16.3. The van der Waals surface area contributed by atoms with E-state index in [0.29, 0.717) is 12.1 Å². The summed E-state index contributed by atoms with van der Waals surface area (Å²) in [7, 11) is 0. The van der Waals surface area contributed by atoms with Crippen LogP contribution in [0.25, 0.3) is 0 Å². The van der Waals surface area contributed by atoms with Gasteiger partial charge < -0.3 is 10.2 Å². The third-order valence-electron chi connectivity index (χ3n) is 4.52. The van der Waals surface area contributed by atoms with Crippen LogP contribution in [0, 0.1) is 0 Å². The second-order valence-electron chi connectivity index (χ2n) is 5.67. The molecule has 0 aromatic carbocycles. The zero-order valence-electron chi connectivity index (χ0n) is 10.9. The first-order valence-corrected chi connectivity index (χ1v) is 7.37. The lowest BCUT2D eigenvalue weighted by atomic mass is 10.0. The van der Waals surface area contributed by atoms with Crippen LogP contribution in [0.1, 0.15) is 57.8 Å². The van der Waals surface area contributed by atoms with Crippen molar-refractivity contribution in [3.8, 4) is 0 Å². The van der Waals surface area contributed by atoms with E-state index in [-0.39, 0.29) is 12.7 Å². The van der Waals surface area contributed by atoms with E-state index in [1.807, 2.05) is 0 Å². The summed E-state index contributed by atoms with van der Waals surface area (Å²) in [6.45, 7) is 0.964. The number of aliphatic hydroxyl groups is 2. The number of hydrogen-bond donors (Lipinski definition) is 2. The maximum Gasteiger partial charge on any atom is 0.0695 e. The van der Waals surface area contributed by atoms with Gasteiger partial charge in [-0.2, -0.15) is 0 Å². The predicted octanol–water partition coefficient (Wildman–Crippen LogP) is 1.92. The molecule has 3 heteroatoms. The molecule has 0 aromatic heterocycles. The average Bonchev–Trinajstić information content (AvgIpc) is 2.77. The zero-order chi connectivity index (χ0) is 12.1. The molecule has 2 rings (SSSR count). The molecule has 2 atom stereocenters. The number of rotatable bonds is 4. The van der Waals surface area contributed by atoms with Crippen LogP contribution in [0.4, 0.5) is 0 Å². The fourth-order valence-corrected chi connectivity index (χ4v) is 3.63. The lowest BCUT2D eigenvalue weighted by molar-refractivity contribution is 0.0116. The van der Waals surface area contributed by atoms with E-state index in [0.717, 1.165) is 25.8 Å². The van der Waals surface area contributed by atoms with Gasteiger partial charge in [0.1, 0.15) is 0 Å². The van der Waals surface area contributed by atoms with Crippen LogP contribution in [0.15, 0.2) is 0 Å². The molecule has 2 aliphatic rings. The van der Waals surface area contributed by atoms with Crippen molar-refractivity contribution in [3.05, 3.63) is 0 Å². The molecule has 0 saturated heterocycles. The molecule has 0 aromatic rings. The van der Waals surface area contributed by atoms with E-state index in [9.17, 15) is 10.2 Å². The van der Waals surface area contributed by atoms with E-state index in [4.69, 9.17) is 0 Å². The Morgan fingerprint density at radius 1 is 0.882 bits per heavy atom. The van der Waals surface area contributed by atoms with Gasteiger partial charge in [-0.25, -0.2) is 0 Å². The Morgan fingerprint density at radius 3 is 2.24 bits per heavy atom. The van der Waals surface area contributed by atoms with Gasteiger partial charge in [0.2, 0.25) is 0 Å². The second-order valence-corrected chi connectivity index (χ2v) is 5.67. The lowest BCUT2D eigenvalue weighted by Crippen LogP contribution is -2.49. The van der Waals surface area contributed by atoms with Crippen LogP contribution in [-0.2, 0) is 0 Å². The van der Waals surface area contributed by atoms with E-state index >= 15 is 0 Å². The van der Waals surface area contributed by atoms with Crippen LogP contribution in [0.2, 0.25) is 0 Å². The Morgan fingerprint density at radius 2 is 1.53 bits per heavy atom.